The van der Waals surface area contributed by atoms with E-state index in [1.54, 1.807) is 0 Å². The van der Waals surface area contributed by atoms with Crippen molar-refractivity contribution in [2.45, 2.75) is 19.3 Å². The van der Waals surface area contributed by atoms with Gasteiger partial charge in [0.05, 0.1) is 0 Å². The standard InChI is InChI=1S/C45H33NO/c1-45(2)41-27-32(30-11-5-3-6-12-30)19-24-37(41)38-26-23-36(29-42(38)45)46(34-13-7-4-8-14-34)35-21-17-31(18-22-35)33-20-25-40-39-15-9-10-16-43(39)47-44(40)28-33/h3-29H,1-2H3. The van der Waals surface area contributed by atoms with Crippen LogP contribution in [0.5, 0.6) is 0 Å². The third-order valence-electron chi connectivity index (χ3n) is 9.88. The average molecular weight is 604 g/mol. The van der Waals surface area contributed by atoms with E-state index in [0.717, 1.165) is 50.1 Å². The minimum Gasteiger partial charge on any atom is -0.456 e. The molecule has 0 fully saturated rings. The zero-order valence-electron chi connectivity index (χ0n) is 26.4. The van der Waals surface area contributed by atoms with Crippen LogP contribution in [-0.4, -0.2) is 0 Å². The van der Waals surface area contributed by atoms with E-state index in [1.165, 1.54) is 33.4 Å². The van der Waals surface area contributed by atoms with Gasteiger partial charge in [-0.2, -0.15) is 0 Å². The maximum absolute atomic E-state index is 6.19. The lowest BCUT2D eigenvalue weighted by molar-refractivity contribution is 0.660. The van der Waals surface area contributed by atoms with Crippen LogP contribution >= 0.6 is 0 Å². The number of nitrogens with zero attached hydrogens (tertiary/aromatic N) is 1. The van der Waals surface area contributed by atoms with Gasteiger partial charge in [-0.3, -0.25) is 0 Å². The normalized spacial score (nSPS) is 13.1. The number of furan rings is 1. The van der Waals surface area contributed by atoms with Crippen molar-refractivity contribution in [2.75, 3.05) is 4.90 Å². The Bertz CT molecular complexity index is 2420. The smallest absolute Gasteiger partial charge is 0.136 e. The molecule has 0 saturated heterocycles. The number of fused-ring (bicyclic) bond motifs is 6. The second-order valence-electron chi connectivity index (χ2n) is 13.0. The molecule has 0 spiro atoms. The Hall–Kier alpha value is -5.86. The minimum atomic E-state index is -0.132. The summed E-state index contributed by atoms with van der Waals surface area (Å²) >= 11 is 0. The molecule has 47 heavy (non-hydrogen) atoms. The van der Waals surface area contributed by atoms with Crippen LogP contribution in [0.15, 0.2) is 168 Å². The van der Waals surface area contributed by atoms with Crippen LogP contribution in [-0.2, 0) is 5.41 Å². The second kappa shape index (κ2) is 10.6. The number of hydrogen-bond donors (Lipinski definition) is 0. The molecule has 0 saturated carbocycles. The van der Waals surface area contributed by atoms with Gasteiger partial charge >= 0.3 is 0 Å². The highest BCUT2D eigenvalue weighted by Gasteiger charge is 2.36. The van der Waals surface area contributed by atoms with Crippen molar-refractivity contribution >= 4 is 39.0 Å². The molecule has 0 bridgehead atoms. The van der Waals surface area contributed by atoms with Crippen LogP contribution in [0.4, 0.5) is 17.1 Å². The summed E-state index contributed by atoms with van der Waals surface area (Å²) < 4.78 is 6.19. The summed E-state index contributed by atoms with van der Waals surface area (Å²) in [7, 11) is 0. The van der Waals surface area contributed by atoms with E-state index in [-0.39, 0.29) is 5.41 Å². The van der Waals surface area contributed by atoms with Crippen molar-refractivity contribution in [1.82, 2.24) is 0 Å². The lowest BCUT2D eigenvalue weighted by atomic mass is 9.81. The van der Waals surface area contributed by atoms with E-state index in [2.05, 4.69) is 170 Å². The Kier molecular flexibility index (Phi) is 6.20. The number of benzene rings is 7. The topological polar surface area (TPSA) is 16.4 Å². The first-order valence-electron chi connectivity index (χ1n) is 16.3. The van der Waals surface area contributed by atoms with Gasteiger partial charge in [0.25, 0.3) is 0 Å². The molecule has 2 heteroatoms. The number of para-hydroxylation sites is 2. The molecule has 1 aliphatic rings. The van der Waals surface area contributed by atoms with Crippen LogP contribution in [0.25, 0.3) is 55.3 Å². The molecule has 0 radical (unpaired) electrons. The summed E-state index contributed by atoms with van der Waals surface area (Å²) in [5.74, 6) is 0. The Labute approximate surface area is 275 Å². The largest absolute Gasteiger partial charge is 0.456 e. The van der Waals surface area contributed by atoms with Gasteiger partial charge in [-0.1, -0.05) is 117 Å². The van der Waals surface area contributed by atoms with E-state index in [0.29, 0.717) is 0 Å². The predicted octanol–water partition coefficient (Wildman–Crippen LogP) is 12.7. The molecule has 0 unspecified atom stereocenters. The molecule has 1 heterocycles. The fourth-order valence-electron chi connectivity index (χ4n) is 7.41. The average Bonchev–Trinajstić information content (AvgIpc) is 3.60. The molecule has 1 aromatic heterocycles. The molecule has 9 rings (SSSR count). The van der Waals surface area contributed by atoms with Crippen molar-refractivity contribution < 1.29 is 4.42 Å². The van der Waals surface area contributed by atoms with Gasteiger partial charge in [-0.25, -0.2) is 0 Å². The van der Waals surface area contributed by atoms with Gasteiger partial charge in [0.15, 0.2) is 0 Å². The first-order valence-corrected chi connectivity index (χ1v) is 16.3. The van der Waals surface area contributed by atoms with E-state index in [9.17, 15) is 0 Å². The number of rotatable bonds is 5. The molecule has 0 aliphatic heterocycles. The van der Waals surface area contributed by atoms with E-state index in [4.69, 9.17) is 4.42 Å². The van der Waals surface area contributed by atoms with Gasteiger partial charge in [0.2, 0.25) is 0 Å². The first kappa shape index (κ1) is 27.5. The summed E-state index contributed by atoms with van der Waals surface area (Å²) in [4.78, 5) is 2.36. The van der Waals surface area contributed by atoms with Gasteiger partial charge in [-0.05, 0) is 105 Å². The Balaban J connectivity index is 1.10. The molecule has 0 atom stereocenters. The van der Waals surface area contributed by atoms with E-state index in [1.807, 2.05) is 12.1 Å². The molecule has 224 valence electrons. The number of hydrogen-bond acceptors (Lipinski definition) is 2. The van der Waals surface area contributed by atoms with Gasteiger partial charge in [0.1, 0.15) is 11.2 Å². The van der Waals surface area contributed by atoms with Crippen LogP contribution in [0.3, 0.4) is 0 Å². The molecule has 8 aromatic rings. The molecule has 7 aromatic carbocycles. The summed E-state index contributed by atoms with van der Waals surface area (Å²) in [5.41, 5.74) is 15.3. The monoisotopic (exact) mass is 603 g/mol. The minimum absolute atomic E-state index is 0.132. The fraction of sp³-hybridized carbons (Fsp3) is 0.0667. The molecule has 1 aliphatic carbocycles. The van der Waals surface area contributed by atoms with E-state index >= 15 is 0 Å². The van der Waals surface area contributed by atoms with Gasteiger partial charge < -0.3 is 9.32 Å². The summed E-state index contributed by atoms with van der Waals surface area (Å²) in [6, 6.07) is 58.9. The van der Waals surface area contributed by atoms with Crippen LogP contribution in [0.2, 0.25) is 0 Å². The highest BCUT2D eigenvalue weighted by atomic mass is 16.3. The quantitative estimate of drug-likeness (QED) is 0.195. The van der Waals surface area contributed by atoms with Crippen LogP contribution in [0, 0.1) is 0 Å². The molecule has 0 N–H and O–H groups in total. The van der Waals surface area contributed by atoms with Crippen molar-refractivity contribution in [1.29, 1.82) is 0 Å². The van der Waals surface area contributed by atoms with Crippen LogP contribution in [0.1, 0.15) is 25.0 Å². The lowest BCUT2D eigenvalue weighted by Gasteiger charge is -2.28. The van der Waals surface area contributed by atoms with Crippen molar-refractivity contribution in [3.63, 3.8) is 0 Å². The third-order valence-corrected chi connectivity index (χ3v) is 9.88. The lowest BCUT2D eigenvalue weighted by Crippen LogP contribution is -2.16. The maximum atomic E-state index is 6.19. The second-order valence-corrected chi connectivity index (χ2v) is 13.0. The van der Waals surface area contributed by atoms with Crippen molar-refractivity contribution in [2.24, 2.45) is 0 Å². The Morgan fingerprint density at radius 3 is 1.72 bits per heavy atom. The summed E-state index contributed by atoms with van der Waals surface area (Å²) in [6.45, 7) is 4.72. The molecular weight excluding hydrogens is 571 g/mol. The van der Waals surface area contributed by atoms with E-state index < -0.39 is 0 Å². The van der Waals surface area contributed by atoms with Crippen LogP contribution < -0.4 is 4.90 Å². The fourth-order valence-corrected chi connectivity index (χ4v) is 7.41. The predicted molar refractivity (Wildman–Crippen MR) is 197 cm³/mol. The highest BCUT2D eigenvalue weighted by molar-refractivity contribution is 6.05. The number of anilines is 3. The zero-order valence-corrected chi connectivity index (χ0v) is 26.4. The van der Waals surface area contributed by atoms with Crippen molar-refractivity contribution in [3.05, 3.63) is 175 Å². The molecule has 2 nitrogen and oxygen atoms in total. The van der Waals surface area contributed by atoms with Gasteiger partial charge in [-0.15, -0.1) is 0 Å². The summed E-state index contributed by atoms with van der Waals surface area (Å²) in [6.07, 6.45) is 0. The van der Waals surface area contributed by atoms with Crippen molar-refractivity contribution in [3.8, 4) is 33.4 Å². The Morgan fingerprint density at radius 2 is 0.936 bits per heavy atom. The zero-order chi connectivity index (χ0) is 31.5. The van der Waals surface area contributed by atoms with Gasteiger partial charge in [0, 0.05) is 33.2 Å². The highest BCUT2D eigenvalue weighted by Crippen LogP contribution is 2.51. The summed E-state index contributed by atoms with van der Waals surface area (Å²) in [5, 5.41) is 2.30. The third kappa shape index (κ3) is 4.48. The SMILES string of the molecule is CC1(C)c2cc(-c3ccccc3)ccc2-c2ccc(N(c3ccccc3)c3ccc(-c4ccc5c(c4)oc4ccccc45)cc3)cc21. The molecule has 0 amide bonds. The first-order chi connectivity index (χ1) is 23.0. The molecular formula is C45H33NO. The maximum Gasteiger partial charge on any atom is 0.136 e. The Morgan fingerprint density at radius 1 is 0.404 bits per heavy atom.